The molecule has 0 saturated carbocycles. The van der Waals surface area contributed by atoms with Crippen LogP contribution in [-0.2, 0) is 0 Å². The molecule has 0 fully saturated rings. The van der Waals surface area contributed by atoms with Crippen LogP contribution >= 0.6 is 0 Å². The molecule has 0 N–H and O–H groups in total. The fourth-order valence-corrected chi connectivity index (χ4v) is 9.79. The van der Waals surface area contributed by atoms with E-state index in [2.05, 4.69) is 229 Å². The van der Waals surface area contributed by atoms with Crippen molar-refractivity contribution in [3.63, 3.8) is 0 Å². The number of hydrogen-bond acceptors (Lipinski definition) is 4. The summed E-state index contributed by atoms with van der Waals surface area (Å²) in [6.07, 6.45) is 5.43. The average Bonchev–Trinajstić information content (AvgIpc) is 3.97. The number of allylic oxidation sites excluding steroid dienone is 4. The Bertz CT molecular complexity index is 3850. The van der Waals surface area contributed by atoms with Crippen LogP contribution in [0, 0.1) is 0 Å². The summed E-state index contributed by atoms with van der Waals surface area (Å²) in [5, 5.41) is 4.38. The van der Waals surface area contributed by atoms with Gasteiger partial charge in [0, 0.05) is 67.1 Å². The van der Waals surface area contributed by atoms with E-state index in [1.807, 2.05) is 24.3 Å². The summed E-state index contributed by atoms with van der Waals surface area (Å²) in [6, 6.07) is 79.0. The van der Waals surface area contributed by atoms with Crippen molar-refractivity contribution < 1.29 is 4.42 Å². The number of benzene rings is 9. The van der Waals surface area contributed by atoms with Gasteiger partial charge in [0.1, 0.15) is 11.2 Å². The van der Waals surface area contributed by atoms with E-state index >= 15 is 0 Å². The molecule has 0 unspecified atom stereocenters. The fraction of sp³-hybridized carbons (Fsp3) is 0. The van der Waals surface area contributed by atoms with Gasteiger partial charge in [0.15, 0.2) is 5.82 Å². The van der Waals surface area contributed by atoms with Crippen LogP contribution in [-0.4, -0.2) is 14.5 Å². The van der Waals surface area contributed by atoms with E-state index in [1.165, 1.54) is 0 Å². The van der Waals surface area contributed by atoms with Crippen LogP contribution in [0.15, 0.2) is 260 Å². The van der Waals surface area contributed by atoms with Crippen LogP contribution in [0.2, 0.25) is 0 Å². The Kier molecular flexibility index (Phi) is 10.4. The molecule has 0 aliphatic rings. The summed E-state index contributed by atoms with van der Waals surface area (Å²) in [5.74, 6) is 0.569. The fourth-order valence-electron chi connectivity index (χ4n) is 9.79. The minimum atomic E-state index is 0.569. The number of nitrogens with zero attached hydrogens (tertiary/aromatic N) is 4. The van der Waals surface area contributed by atoms with E-state index < -0.39 is 0 Å². The standard InChI is InChI=1S/C64H44N4O/c1-3-22-43(4-2)64-65-56(46-27-14-7-15-28-46)42-57(66-64)47-39-54(44-23-10-5-11-24-44)62(55(40-47)45-25-12-6-13-26-45)67(48-29-16-8-17-30-48)50-35-36-51-52-37-38-59-61(63(52)69-60(51)41-50)53-33-20-21-34-58(53)68(59)49-31-18-9-19-32-49/h3-42H,1-2H2/b43-22+. The third-order valence-electron chi connectivity index (χ3n) is 12.9. The maximum absolute atomic E-state index is 7.13. The molecule has 5 nitrogen and oxygen atoms in total. The molecule has 12 rings (SSSR count). The van der Waals surface area contributed by atoms with Gasteiger partial charge in [0.25, 0.3) is 0 Å². The van der Waals surface area contributed by atoms with Crippen molar-refractivity contribution in [1.82, 2.24) is 14.5 Å². The molecule has 69 heavy (non-hydrogen) atoms. The van der Waals surface area contributed by atoms with E-state index in [4.69, 9.17) is 14.4 Å². The smallest absolute Gasteiger partial charge is 0.160 e. The Morgan fingerprint density at radius 1 is 0.478 bits per heavy atom. The molecule has 0 radical (unpaired) electrons. The van der Waals surface area contributed by atoms with Gasteiger partial charge >= 0.3 is 0 Å². The van der Waals surface area contributed by atoms with Gasteiger partial charge in [-0.05, 0) is 83.9 Å². The lowest BCUT2D eigenvalue weighted by Gasteiger charge is -2.31. The van der Waals surface area contributed by atoms with Crippen molar-refractivity contribution in [2.75, 3.05) is 4.90 Å². The van der Waals surface area contributed by atoms with Crippen LogP contribution in [0.1, 0.15) is 5.82 Å². The summed E-state index contributed by atoms with van der Waals surface area (Å²) < 4.78 is 9.46. The van der Waals surface area contributed by atoms with Gasteiger partial charge in [0.2, 0.25) is 0 Å². The minimum absolute atomic E-state index is 0.569. The maximum atomic E-state index is 7.13. The zero-order chi connectivity index (χ0) is 46.3. The van der Waals surface area contributed by atoms with Crippen LogP contribution in [0.5, 0.6) is 0 Å². The first-order valence-corrected chi connectivity index (χ1v) is 23.1. The highest BCUT2D eigenvalue weighted by Crippen LogP contribution is 2.50. The Hall–Kier alpha value is -9.32. The van der Waals surface area contributed by atoms with Gasteiger partial charge in [0.05, 0.1) is 33.5 Å². The molecular formula is C64H44N4O. The molecule has 0 amide bonds. The molecular weight excluding hydrogens is 841 g/mol. The highest BCUT2D eigenvalue weighted by atomic mass is 16.3. The summed E-state index contributed by atoms with van der Waals surface area (Å²) in [4.78, 5) is 12.7. The van der Waals surface area contributed by atoms with Crippen molar-refractivity contribution in [2.45, 2.75) is 0 Å². The molecule has 3 heterocycles. The zero-order valence-electron chi connectivity index (χ0n) is 37.7. The first kappa shape index (κ1) is 41.1. The monoisotopic (exact) mass is 884 g/mol. The third kappa shape index (κ3) is 7.30. The molecule has 0 bridgehead atoms. The van der Waals surface area contributed by atoms with Crippen LogP contribution < -0.4 is 4.90 Å². The molecule has 0 spiro atoms. The SMILES string of the molecule is C=C/C=C(\C=C)c1nc(-c2ccccc2)cc(-c2cc(-c3ccccc3)c(N(c3ccccc3)c3ccc4c(c3)oc3c4ccc4c3c3ccccc3n4-c3ccccc3)c(-c3ccccc3)c2)n1. The Labute approximate surface area is 400 Å². The van der Waals surface area contributed by atoms with Gasteiger partial charge in [-0.2, -0.15) is 0 Å². The first-order chi connectivity index (χ1) is 34.1. The van der Waals surface area contributed by atoms with Crippen LogP contribution in [0.25, 0.3) is 99.8 Å². The Morgan fingerprint density at radius 2 is 1.04 bits per heavy atom. The molecule has 326 valence electrons. The molecule has 0 saturated heterocycles. The zero-order valence-corrected chi connectivity index (χ0v) is 37.7. The average molecular weight is 885 g/mol. The number of anilines is 3. The summed E-state index contributed by atoms with van der Waals surface area (Å²) in [5.41, 5.74) is 16.5. The number of furan rings is 1. The van der Waals surface area contributed by atoms with Crippen molar-refractivity contribution in [2.24, 2.45) is 0 Å². The summed E-state index contributed by atoms with van der Waals surface area (Å²) in [6.45, 7) is 8.09. The normalized spacial score (nSPS) is 11.7. The highest BCUT2D eigenvalue weighted by Gasteiger charge is 2.26. The second-order valence-electron chi connectivity index (χ2n) is 17.0. The van der Waals surface area contributed by atoms with Gasteiger partial charge in [-0.1, -0.05) is 177 Å². The van der Waals surface area contributed by atoms with Gasteiger partial charge in [-0.3, -0.25) is 0 Å². The number of fused-ring (bicyclic) bond motifs is 7. The molecule has 0 aliphatic heterocycles. The molecule has 5 heteroatoms. The largest absolute Gasteiger partial charge is 0.455 e. The number of hydrogen-bond donors (Lipinski definition) is 0. The van der Waals surface area contributed by atoms with Crippen molar-refractivity contribution >= 4 is 66.4 Å². The molecule has 12 aromatic rings. The van der Waals surface area contributed by atoms with Crippen molar-refractivity contribution in [3.05, 3.63) is 262 Å². The lowest BCUT2D eigenvalue weighted by molar-refractivity contribution is 0.673. The predicted molar refractivity (Wildman–Crippen MR) is 288 cm³/mol. The molecule has 0 aliphatic carbocycles. The maximum Gasteiger partial charge on any atom is 0.160 e. The minimum Gasteiger partial charge on any atom is -0.455 e. The predicted octanol–water partition coefficient (Wildman–Crippen LogP) is 17.4. The number of aromatic nitrogens is 3. The van der Waals surface area contributed by atoms with Gasteiger partial charge < -0.3 is 13.9 Å². The topological polar surface area (TPSA) is 47.1 Å². The van der Waals surface area contributed by atoms with Crippen LogP contribution in [0.4, 0.5) is 17.1 Å². The van der Waals surface area contributed by atoms with E-state index in [0.717, 1.165) is 117 Å². The van der Waals surface area contributed by atoms with Crippen molar-refractivity contribution in [3.8, 4) is 50.5 Å². The second-order valence-corrected chi connectivity index (χ2v) is 17.0. The van der Waals surface area contributed by atoms with E-state index in [9.17, 15) is 0 Å². The van der Waals surface area contributed by atoms with E-state index in [1.54, 1.807) is 12.2 Å². The Balaban J connectivity index is 1.13. The molecule has 0 atom stereocenters. The third-order valence-corrected chi connectivity index (χ3v) is 12.9. The van der Waals surface area contributed by atoms with Crippen LogP contribution in [0.3, 0.4) is 0 Å². The first-order valence-electron chi connectivity index (χ1n) is 23.1. The lowest BCUT2D eigenvalue weighted by Crippen LogP contribution is -2.13. The van der Waals surface area contributed by atoms with Crippen molar-refractivity contribution in [1.29, 1.82) is 0 Å². The molecule has 3 aromatic heterocycles. The second kappa shape index (κ2) is 17.5. The summed E-state index contributed by atoms with van der Waals surface area (Å²) in [7, 11) is 0. The quantitative estimate of drug-likeness (QED) is 0.121. The summed E-state index contributed by atoms with van der Waals surface area (Å²) >= 11 is 0. The lowest BCUT2D eigenvalue weighted by atomic mass is 9.90. The number of para-hydroxylation sites is 3. The highest BCUT2D eigenvalue weighted by molar-refractivity contribution is 6.24. The molecule has 9 aromatic carbocycles. The van der Waals surface area contributed by atoms with E-state index in [-0.39, 0.29) is 0 Å². The van der Waals surface area contributed by atoms with Gasteiger partial charge in [-0.25, -0.2) is 9.97 Å². The van der Waals surface area contributed by atoms with Gasteiger partial charge in [-0.15, -0.1) is 0 Å². The van der Waals surface area contributed by atoms with E-state index in [0.29, 0.717) is 5.82 Å². The Morgan fingerprint density at radius 3 is 1.68 bits per heavy atom. The number of rotatable bonds is 11.